The molecule has 0 atom stereocenters. The summed E-state index contributed by atoms with van der Waals surface area (Å²) in [5.41, 5.74) is -9.44. The molecule has 0 bridgehead atoms. The summed E-state index contributed by atoms with van der Waals surface area (Å²) in [5, 5.41) is 4.81. The standard InChI is InChI=1S/C32H18F6O6S2/c33-31(34,35)45(39,40)43-23-7-3-5-19(15-23)21-11-13-27-25-9-1-2-10-26(25)28-14-12-22(18-30(28)29(27)17-21)20-6-4-8-24(16-20)44-46(41,42)32(36,37)38/h1-18H. The second-order valence-electron chi connectivity index (χ2n) is 10.1. The van der Waals surface area contributed by atoms with Crippen LogP contribution >= 0.6 is 0 Å². The normalized spacial score (nSPS) is 12.9. The molecule has 0 amide bonds. The van der Waals surface area contributed by atoms with Gasteiger partial charge in [-0.2, -0.15) is 43.2 Å². The average molecular weight is 677 g/mol. The van der Waals surface area contributed by atoms with Crippen molar-refractivity contribution in [1.29, 1.82) is 0 Å². The monoisotopic (exact) mass is 676 g/mol. The molecule has 14 heteroatoms. The Morgan fingerprint density at radius 2 is 0.739 bits per heavy atom. The summed E-state index contributed by atoms with van der Waals surface area (Å²) in [5.74, 6) is -1.06. The fourth-order valence-corrected chi connectivity index (χ4v) is 6.02. The lowest BCUT2D eigenvalue weighted by Gasteiger charge is -2.14. The summed E-state index contributed by atoms with van der Waals surface area (Å²) < 4.78 is 132. The number of alkyl halides is 6. The van der Waals surface area contributed by atoms with Crippen LogP contribution < -0.4 is 8.37 Å². The van der Waals surface area contributed by atoms with Gasteiger partial charge >= 0.3 is 31.3 Å². The quantitative estimate of drug-likeness (QED) is 0.0758. The van der Waals surface area contributed by atoms with Gasteiger partial charge < -0.3 is 8.37 Å². The number of benzene rings is 6. The molecule has 0 fully saturated rings. The first-order valence-corrected chi connectivity index (χ1v) is 16.0. The van der Waals surface area contributed by atoms with Crippen molar-refractivity contribution >= 4 is 52.6 Å². The van der Waals surface area contributed by atoms with Gasteiger partial charge in [0.05, 0.1) is 0 Å². The van der Waals surface area contributed by atoms with Crippen molar-refractivity contribution in [3.8, 4) is 33.8 Å². The van der Waals surface area contributed by atoms with Crippen LogP contribution in [0.25, 0.3) is 54.6 Å². The van der Waals surface area contributed by atoms with E-state index in [0.717, 1.165) is 33.7 Å². The molecule has 0 aliphatic carbocycles. The number of hydrogen-bond acceptors (Lipinski definition) is 6. The van der Waals surface area contributed by atoms with Gasteiger partial charge in [-0.15, -0.1) is 0 Å². The lowest BCUT2D eigenvalue weighted by atomic mass is 9.90. The molecule has 0 radical (unpaired) electrons. The Hall–Kier alpha value is -4.82. The molecule has 46 heavy (non-hydrogen) atoms. The average Bonchev–Trinajstić information content (AvgIpc) is 2.99. The van der Waals surface area contributed by atoms with Crippen LogP contribution in [0, 0.1) is 0 Å². The third-order valence-corrected chi connectivity index (χ3v) is 9.11. The van der Waals surface area contributed by atoms with Gasteiger partial charge in [0.15, 0.2) is 0 Å². The fourth-order valence-electron chi connectivity index (χ4n) is 5.12. The SMILES string of the molecule is O=S(=O)(Oc1cccc(-c2ccc3c4ccccc4c4ccc(-c5cccc(OS(=O)(=O)C(F)(F)F)c5)cc4c3c2)c1)C(F)(F)F. The zero-order chi connectivity index (χ0) is 33.1. The summed E-state index contributed by atoms with van der Waals surface area (Å²) in [6.45, 7) is 0. The van der Waals surface area contributed by atoms with E-state index < -0.39 is 42.8 Å². The molecule has 6 nitrogen and oxygen atoms in total. The van der Waals surface area contributed by atoms with E-state index >= 15 is 0 Å². The van der Waals surface area contributed by atoms with Crippen molar-refractivity contribution in [2.45, 2.75) is 11.0 Å². The highest BCUT2D eigenvalue weighted by Gasteiger charge is 2.49. The van der Waals surface area contributed by atoms with Crippen LogP contribution in [-0.2, 0) is 20.2 Å². The first kappa shape index (κ1) is 31.2. The van der Waals surface area contributed by atoms with Gasteiger partial charge in [0.25, 0.3) is 0 Å². The molecule has 6 rings (SSSR count). The van der Waals surface area contributed by atoms with Crippen LogP contribution in [0.15, 0.2) is 109 Å². The van der Waals surface area contributed by atoms with E-state index in [2.05, 4.69) is 8.37 Å². The van der Waals surface area contributed by atoms with E-state index in [0.29, 0.717) is 33.0 Å². The van der Waals surface area contributed by atoms with E-state index in [9.17, 15) is 43.2 Å². The Morgan fingerprint density at radius 1 is 0.391 bits per heavy atom. The lowest BCUT2D eigenvalue weighted by molar-refractivity contribution is -0.0504. The summed E-state index contributed by atoms with van der Waals surface area (Å²) in [4.78, 5) is 0. The smallest absolute Gasteiger partial charge is 0.376 e. The molecule has 0 spiro atoms. The van der Waals surface area contributed by atoms with E-state index in [1.807, 2.05) is 36.4 Å². The molecule has 0 saturated heterocycles. The Morgan fingerprint density at radius 3 is 1.11 bits per heavy atom. The molecule has 0 aliphatic rings. The minimum Gasteiger partial charge on any atom is -0.376 e. The highest BCUT2D eigenvalue weighted by molar-refractivity contribution is 7.88. The van der Waals surface area contributed by atoms with Gasteiger partial charge in [-0.05, 0) is 91.0 Å². The third kappa shape index (κ3) is 5.69. The van der Waals surface area contributed by atoms with Crippen LogP contribution in [0.3, 0.4) is 0 Å². The van der Waals surface area contributed by atoms with Gasteiger partial charge in [0, 0.05) is 0 Å². The largest absolute Gasteiger partial charge is 0.534 e. The molecular weight excluding hydrogens is 658 g/mol. The zero-order valence-electron chi connectivity index (χ0n) is 22.9. The lowest BCUT2D eigenvalue weighted by Crippen LogP contribution is -2.28. The molecule has 0 heterocycles. The summed E-state index contributed by atoms with van der Waals surface area (Å²) in [6.07, 6.45) is 0. The minimum atomic E-state index is -5.89. The minimum absolute atomic E-state index is 0.366. The topological polar surface area (TPSA) is 86.7 Å². The Kier molecular flexibility index (Phi) is 7.40. The van der Waals surface area contributed by atoms with Gasteiger partial charge in [0.1, 0.15) is 11.5 Å². The highest BCUT2D eigenvalue weighted by Crippen LogP contribution is 2.40. The van der Waals surface area contributed by atoms with Crippen molar-refractivity contribution in [3.63, 3.8) is 0 Å². The van der Waals surface area contributed by atoms with Crippen LogP contribution in [0.5, 0.6) is 11.5 Å². The first-order chi connectivity index (χ1) is 21.5. The van der Waals surface area contributed by atoms with Crippen molar-refractivity contribution < 1.29 is 51.5 Å². The molecule has 6 aromatic carbocycles. The Labute approximate surface area is 257 Å². The van der Waals surface area contributed by atoms with Crippen molar-refractivity contribution in [2.24, 2.45) is 0 Å². The number of rotatable bonds is 6. The Bertz CT molecular complexity index is 2220. The maximum atomic E-state index is 12.9. The van der Waals surface area contributed by atoms with Crippen molar-refractivity contribution in [1.82, 2.24) is 0 Å². The fraction of sp³-hybridized carbons (Fsp3) is 0.0625. The summed E-state index contributed by atoms with van der Waals surface area (Å²) >= 11 is 0. The third-order valence-electron chi connectivity index (χ3n) is 7.15. The second kappa shape index (κ2) is 10.9. The van der Waals surface area contributed by atoms with Gasteiger partial charge in [-0.1, -0.05) is 72.8 Å². The predicted octanol–water partition coefficient (Wildman–Crippen LogP) is 8.94. The second-order valence-corrected chi connectivity index (χ2v) is 13.2. The molecule has 0 unspecified atom stereocenters. The number of fused-ring (bicyclic) bond motifs is 6. The highest BCUT2D eigenvalue weighted by atomic mass is 32.2. The molecule has 6 aromatic rings. The maximum absolute atomic E-state index is 12.9. The van der Waals surface area contributed by atoms with Crippen molar-refractivity contribution in [2.75, 3.05) is 0 Å². The van der Waals surface area contributed by atoms with E-state index in [4.69, 9.17) is 0 Å². The molecular formula is C32H18F6O6S2. The van der Waals surface area contributed by atoms with Crippen LogP contribution in [-0.4, -0.2) is 27.9 Å². The van der Waals surface area contributed by atoms with Gasteiger partial charge in [-0.25, -0.2) is 0 Å². The first-order valence-electron chi connectivity index (χ1n) is 13.1. The molecule has 0 N–H and O–H groups in total. The summed E-state index contributed by atoms with van der Waals surface area (Å²) in [7, 11) is -11.8. The van der Waals surface area contributed by atoms with Crippen LogP contribution in [0.2, 0.25) is 0 Å². The number of halogens is 6. The van der Waals surface area contributed by atoms with E-state index in [-0.39, 0.29) is 0 Å². The van der Waals surface area contributed by atoms with E-state index in [1.54, 1.807) is 36.4 Å². The predicted molar refractivity (Wildman–Crippen MR) is 161 cm³/mol. The molecule has 0 saturated carbocycles. The van der Waals surface area contributed by atoms with Gasteiger partial charge in [-0.3, -0.25) is 0 Å². The molecule has 236 valence electrons. The van der Waals surface area contributed by atoms with E-state index in [1.165, 1.54) is 24.3 Å². The molecule has 0 aliphatic heterocycles. The number of hydrogen-bond donors (Lipinski definition) is 0. The Balaban J connectivity index is 1.50. The summed E-state index contributed by atoms with van der Waals surface area (Å²) in [6, 6.07) is 28.5. The molecule has 0 aromatic heterocycles. The van der Waals surface area contributed by atoms with Gasteiger partial charge in [0.2, 0.25) is 0 Å². The van der Waals surface area contributed by atoms with Crippen LogP contribution in [0.4, 0.5) is 26.3 Å². The van der Waals surface area contributed by atoms with Crippen LogP contribution in [0.1, 0.15) is 0 Å². The maximum Gasteiger partial charge on any atom is 0.534 e. The van der Waals surface area contributed by atoms with Crippen molar-refractivity contribution in [3.05, 3.63) is 109 Å². The zero-order valence-corrected chi connectivity index (χ0v) is 24.6.